The number of hydrogen-bond acceptors (Lipinski definition) is 5. The van der Waals surface area contributed by atoms with E-state index in [-0.39, 0.29) is 36.7 Å². The summed E-state index contributed by atoms with van der Waals surface area (Å²) in [5.74, 6) is -2.49. The lowest BCUT2D eigenvalue weighted by Gasteiger charge is -2.30. The molecule has 8 nitrogen and oxygen atoms in total. The van der Waals surface area contributed by atoms with Gasteiger partial charge in [-0.2, -0.15) is 4.31 Å². The zero-order valence-corrected chi connectivity index (χ0v) is 18.6. The van der Waals surface area contributed by atoms with Crippen molar-refractivity contribution >= 4 is 26.0 Å². The molecular formula is C20H23F2N3O5S2. The Morgan fingerprint density at radius 1 is 1.03 bits per heavy atom. The van der Waals surface area contributed by atoms with Crippen LogP contribution >= 0.6 is 0 Å². The minimum absolute atomic E-state index is 0.00474. The Bertz CT molecular complexity index is 1190. The molecule has 3 rings (SSSR count). The lowest BCUT2D eigenvalue weighted by molar-refractivity contribution is -0.126. The maximum absolute atomic E-state index is 13.9. The van der Waals surface area contributed by atoms with Crippen molar-refractivity contribution in [2.75, 3.05) is 19.6 Å². The fourth-order valence-electron chi connectivity index (χ4n) is 3.49. The third kappa shape index (κ3) is 5.68. The fraction of sp³-hybridized carbons (Fsp3) is 0.350. The highest BCUT2D eigenvalue weighted by Crippen LogP contribution is 2.26. The van der Waals surface area contributed by atoms with Crippen molar-refractivity contribution in [2.24, 2.45) is 11.1 Å². The van der Waals surface area contributed by atoms with Gasteiger partial charge in [-0.25, -0.2) is 30.8 Å². The SMILES string of the molecule is NS(=O)(=O)c1ccc(CCNC(=O)C2CCN(S(=O)(=O)c3cc(F)ccc3F)CC2)cc1. The molecule has 0 aromatic heterocycles. The van der Waals surface area contributed by atoms with E-state index in [4.69, 9.17) is 5.14 Å². The van der Waals surface area contributed by atoms with Gasteiger partial charge in [0.1, 0.15) is 16.5 Å². The second-order valence-corrected chi connectivity index (χ2v) is 11.0. The highest BCUT2D eigenvalue weighted by molar-refractivity contribution is 7.89. The predicted molar refractivity (Wildman–Crippen MR) is 112 cm³/mol. The third-order valence-corrected chi connectivity index (χ3v) is 8.14. The van der Waals surface area contributed by atoms with Gasteiger partial charge in [-0.1, -0.05) is 12.1 Å². The molecule has 0 aliphatic carbocycles. The summed E-state index contributed by atoms with van der Waals surface area (Å²) in [5, 5.41) is 7.84. The second-order valence-electron chi connectivity index (χ2n) is 7.48. The van der Waals surface area contributed by atoms with Crippen molar-refractivity contribution in [3.63, 3.8) is 0 Å². The van der Waals surface area contributed by atoms with Crippen LogP contribution in [-0.2, 0) is 31.3 Å². The maximum atomic E-state index is 13.9. The topological polar surface area (TPSA) is 127 Å². The van der Waals surface area contributed by atoms with E-state index in [1.54, 1.807) is 12.1 Å². The number of hydrogen-bond donors (Lipinski definition) is 2. The van der Waals surface area contributed by atoms with Crippen molar-refractivity contribution in [2.45, 2.75) is 29.1 Å². The molecule has 2 aromatic carbocycles. The Balaban J connectivity index is 1.50. The van der Waals surface area contributed by atoms with Crippen molar-refractivity contribution in [1.82, 2.24) is 9.62 Å². The molecule has 1 saturated heterocycles. The van der Waals surface area contributed by atoms with E-state index in [1.165, 1.54) is 12.1 Å². The number of nitrogens with zero attached hydrogens (tertiary/aromatic N) is 1. The molecule has 1 fully saturated rings. The lowest BCUT2D eigenvalue weighted by atomic mass is 9.97. The van der Waals surface area contributed by atoms with E-state index in [9.17, 15) is 30.4 Å². The summed E-state index contributed by atoms with van der Waals surface area (Å²) in [6.45, 7) is 0.358. The molecule has 1 aliphatic rings. The van der Waals surface area contributed by atoms with Crippen LogP contribution < -0.4 is 10.5 Å². The molecule has 12 heteroatoms. The number of amides is 1. The number of nitrogens with one attached hydrogen (secondary N) is 1. The van der Waals surface area contributed by atoms with Crippen LogP contribution in [0.4, 0.5) is 8.78 Å². The molecular weight excluding hydrogens is 464 g/mol. The number of piperidine rings is 1. The molecule has 0 saturated carbocycles. The van der Waals surface area contributed by atoms with Gasteiger partial charge in [-0.3, -0.25) is 4.79 Å². The van der Waals surface area contributed by atoms with Gasteiger partial charge in [0, 0.05) is 25.6 Å². The first-order valence-corrected chi connectivity index (χ1v) is 12.8. The Labute approximate surface area is 185 Å². The van der Waals surface area contributed by atoms with E-state index in [1.807, 2.05) is 0 Å². The number of benzene rings is 2. The zero-order valence-electron chi connectivity index (χ0n) is 17.0. The molecule has 174 valence electrons. The van der Waals surface area contributed by atoms with Crippen LogP contribution in [0.3, 0.4) is 0 Å². The zero-order chi connectivity index (χ0) is 23.5. The molecule has 1 heterocycles. The number of carbonyl (C=O) groups is 1. The van der Waals surface area contributed by atoms with Gasteiger partial charge in [0.05, 0.1) is 4.90 Å². The van der Waals surface area contributed by atoms with Crippen LogP contribution in [0.15, 0.2) is 52.3 Å². The number of nitrogens with two attached hydrogens (primary N) is 1. The molecule has 1 aliphatic heterocycles. The standard InChI is InChI=1S/C20H23F2N3O5S2/c21-16-3-6-18(22)19(13-16)32(29,30)25-11-8-15(9-12-25)20(26)24-10-7-14-1-4-17(5-2-14)31(23,27)28/h1-6,13,15H,7-12H2,(H,24,26)(H2,23,27,28). The molecule has 0 bridgehead atoms. The van der Waals surface area contributed by atoms with E-state index < -0.39 is 42.5 Å². The maximum Gasteiger partial charge on any atom is 0.246 e. The predicted octanol–water partition coefficient (Wildman–Crippen LogP) is 1.37. The highest BCUT2D eigenvalue weighted by Gasteiger charge is 2.33. The van der Waals surface area contributed by atoms with Crippen LogP contribution in [0.1, 0.15) is 18.4 Å². The molecule has 1 amide bonds. The second kappa shape index (κ2) is 9.61. The summed E-state index contributed by atoms with van der Waals surface area (Å²) in [5.41, 5.74) is 0.815. The van der Waals surface area contributed by atoms with Crippen molar-refractivity contribution in [1.29, 1.82) is 0 Å². The quantitative estimate of drug-likeness (QED) is 0.610. The van der Waals surface area contributed by atoms with Gasteiger partial charge >= 0.3 is 0 Å². The van der Waals surface area contributed by atoms with Crippen molar-refractivity contribution in [3.05, 3.63) is 59.7 Å². The van der Waals surface area contributed by atoms with E-state index in [0.29, 0.717) is 19.0 Å². The summed E-state index contributed by atoms with van der Waals surface area (Å²) in [6, 6.07) is 8.28. The molecule has 32 heavy (non-hydrogen) atoms. The van der Waals surface area contributed by atoms with Gasteiger partial charge in [-0.05, 0) is 55.2 Å². The molecule has 2 aromatic rings. The Kier molecular flexibility index (Phi) is 7.28. The van der Waals surface area contributed by atoms with E-state index in [0.717, 1.165) is 22.0 Å². The summed E-state index contributed by atoms with van der Waals surface area (Å²) < 4.78 is 76.1. The monoisotopic (exact) mass is 487 g/mol. The summed E-state index contributed by atoms with van der Waals surface area (Å²) in [6.07, 6.45) is 0.985. The van der Waals surface area contributed by atoms with Crippen LogP contribution in [0.2, 0.25) is 0 Å². The minimum Gasteiger partial charge on any atom is -0.356 e. The van der Waals surface area contributed by atoms with Gasteiger partial charge in [-0.15, -0.1) is 0 Å². The Morgan fingerprint density at radius 3 is 2.25 bits per heavy atom. The van der Waals surface area contributed by atoms with Crippen LogP contribution in [0.25, 0.3) is 0 Å². The molecule has 3 N–H and O–H groups in total. The molecule has 0 radical (unpaired) electrons. The van der Waals surface area contributed by atoms with Crippen LogP contribution in [0, 0.1) is 17.6 Å². The first-order chi connectivity index (χ1) is 15.0. The smallest absolute Gasteiger partial charge is 0.246 e. The Morgan fingerprint density at radius 2 is 1.66 bits per heavy atom. The van der Waals surface area contributed by atoms with Crippen LogP contribution in [0.5, 0.6) is 0 Å². The lowest BCUT2D eigenvalue weighted by Crippen LogP contribution is -2.43. The fourth-order valence-corrected chi connectivity index (χ4v) is 5.55. The van der Waals surface area contributed by atoms with Gasteiger partial charge in [0.25, 0.3) is 0 Å². The average Bonchev–Trinajstić information content (AvgIpc) is 2.75. The molecule has 0 atom stereocenters. The summed E-state index contributed by atoms with van der Waals surface area (Å²) in [4.78, 5) is 11.7. The summed E-state index contributed by atoms with van der Waals surface area (Å²) >= 11 is 0. The third-order valence-electron chi connectivity index (χ3n) is 5.30. The number of rotatable bonds is 7. The summed E-state index contributed by atoms with van der Waals surface area (Å²) in [7, 11) is -7.96. The van der Waals surface area contributed by atoms with Gasteiger partial charge < -0.3 is 5.32 Å². The van der Waals surface area contributed by atoms with Gasteiger partial charge in [0.2, 0.25) is 26.0 Å². The normalized spacial score (nSPS) is 16.1. The molecule has 0 unspecified atom stereocenters. The van der Waals surface area contributed by atoms with E-state index >= 15 is 0 Å². The van der Waals surface area contributed by atoms with Crippen LogP contribution in [-0.4, -0.2) is 46.7 Å². The Hall–Kier alpha value is -2.41. The molecule has 0 spiro atoms. The number of primary sulfonamides is 1. The number of carbonyl (C=O) groups excluding carboxylic acids is 1. The average molecular weight is 488 g/mol. The first-order valence-electron chi connectivity index (χ1n) is 9.83. The highest BCUT2D eigenvalue weighted by atomic mass is 32.2. The number of halogens is 2. The van der Waals surface area contributed by atoms with Crippen molar-refractivity contribution in [3.8, 4) is 0 Å². The first kappa shape index (κ1) is 24.2. The van der Waals surface area contributed by atoms with Crippen molar-refractivity contribution < 1.29 is 30.4 Å². The number of sulfonamides is 2. The minimum atomic E-state index is -4.20. The largest absolute Gasteiger partial charge is 0.356 e. The van der Waals surface area contributed by atoms with Gasteiger partial charge in [0.15, 0.2) is 0 Å². The van der Waals surface area contributed by atoms with E-state index in [2.05, 4.69) is 5.32 Å².